The van der Waals surface area contributed by atoms with Crippen LogP contribution in [-0.2, 0) is 6.54 Å². The summed E-state index contributed by atoms with van der Waals surface area (Å²) in [5, 5.41) is 8.77. The van der Waals surface area contributed by atoms with Crippen LogP contribution in [0.3, 0.4) is 0 Å². The van der Waals surface area contributed by atoms with Gasteiger partial charge in [0.2, 0.25) is 0 Å². The highest BCUT2D eigenvalue weighted by atomic mass is 16.1. The van der Waals surface area contributed by atoms with Gasteiger partial charge in [0.1, 0.15) is 6.29 Å². The maximum Gasteiger partial charge on any atom is 0.150 e. The molecule has 0 fully saturated rings. The van der Waals surface area contributed by atoms with Gasteiger partial charge in [0.25, 0.3) is 0 Å². The van der Waals surface area contributed by atoms with Gasteiger partial charge in [-0.3, -0.25) is 9.78 Å². The topological polar surface area (TPSA) is 57.0 Å². The van der Waals surface area contributed by atoms with Gasteiger partial charge in [-0.05, 0) is 35.9 Å². The molecule has 0 unspecified atom stereocenters. The first kappa shape index (κ1) is 13.8. The molecule has 0 bridgehead atoms. The smallest absolute Gasteiger partial charge is 0.150 e. The molecule has 1 aromatic carbocycles. The Kier molecular flexibility index (Phi) is 4.85. The SMILES string of the molecule is N#CCCN(Cc1cccnc1)c1ccc(C=O)cc1. The normalized spacial score (nSPS) is 9.75. The lowest BCUT2D eigenvalue weighted by Crippen LogP contribution is -2.23. The summed E-state index contributed by atoms with van der Waals surface area (Å²) in [7, 11) is 0. The van der Waals surface area contributed by atoms with Gasteiger partial charge in [0.15, 0.2) is 0 Å². The van der Waals surface area contributed by atoms with Crippen molar-refractivity contribution in [3.63, 3.8) is 0 Å². The third-order valence-electron chi connectivity index (χ3n) is 2.98. The monoisotopic (exact) mass is 265 g/mol. The molecule has 1 aromatic heterocycles. The molecule has 0 aliphatic heterocycles. The van der Waals surface area contributed by atoms with Crippen LogP contribution < -0.4 is 4.90 Å². The Hall–Kier alpha value is -2.67. The zero-order valence-electron chi connectivity index (χ0n) is 11.1. The summed E-state index contributed by atoms with van der Waals surface area (Å²) in [5.74, 6) is 0. The summed E-state index contributed by atoms with van der Waals surface area (Å²) in [6.07, 6.45) is 4.83. The summed E-state index contributed by atoms with van der Waals surface area (Å²) >= 11 is 0. The Morgan fingerprint density at radius 1 is 1.25 bits per heavy atom. The van der Waals surface area contributed by atoms with E-state index >= 15 is 0 Å². The average Bonchev–Trinajstić information content (AvgIpc) is 2.52. The highest BCUT2D eigenvalue weighted by molar-refractivity contribution is 5.75. The van der Waals surface area contributed by atoms with Crippen LogP contribution >= 0.6 is 0 Å². The van der Waals surface area contributed by atoms with Crippen LogP contribution in [0.25, 0.3) is 0 Å². The lowest BCUT2D eigenvalue weighted by molar-refractivity contribution is 0.112. The Morgan fingerprint density at radius 2 is 2.05 bits per heavy atom. The molecular formula is C16H15N3O. The van der Waals surface area contributed by atoms with Crippen molar-refractivity contribution in [2.75, 3.05) is 11.4 Å². The number of carbonyl (C=O) groups excluding carboxylic acids is 1. The van der Waals surface area contributed by atoms with Gasteiger partial charge in [-0.1, -0.05) is 6.07 Å². The van der Waals surface area contributed by atoms with E-state index in [0.29, 0.717) is 25.1 Å². The van der Waals surface area contributed by atoms with Crippen molar-refractivity contribution in [3.8, 4) is 6.07 Å². The number of anilines is 1. The van der Waals surface area contributed by atoms with Crippen LogP contribution in [0.15, 0.2) is 48.8 Å². The van der Waals surface area contributed by atoms with Crippen LogP contribution in [0.1, 0.15) is 22.3 Å². The fraction of sp³-hybridized carbons (Fsp3) is 0.188. The van der Waals surface area contributed by atoms with Gasteiger partial charge in [0, 0.05) is 36.7 Å². The minimum Gasteiger partial charge on any atom is -0.366 e. The summed E-state index contributed by atoms with van der Waals surface area (Å²) in [6, 6.07) is 13.4. The van der Waals surface area contributed by atoms with Gasteiger partial charge < -0.3 is 4.90 Å². The van der Waals surface area contributed by atoms with Gasteiger partial charge >= 0.3 is 0 Å². The molecular weight excluding hydrogens is 250 g/mol. The lowest BCUT2D eigenvalue weighted by Gasteiger charge is -2.24. The molecule has 0 aliphatic rings. The molecule has 0 atom stereocenters. The summed E-state index contributed by atoms with van der Waals surface area (Å²) in [5.41, 5.74) is 2.73. The molecule has 2 aromatic rings. The number of carbonyl (C=O) groups is 1. The van der Waals surface area contributed by atoms with Crippen molar-refractivity contribution < 1.29 is 4.79 Å². The average molecular weight is 265 g/mol. The first-order valence-corrected chi connectivity index (χ1v) is 6.39. The molecule has 100 valence electrons. The number of nitriles is 1. The number of pyridine rings is 1. The van der Waals surface area contributed by atoms with Crippen LogP contribution in [-0.4, -0.2) is 17.8 Å². The molecule has 0 saturated heterocycles. The molecule has 0 spiro atoms. The fourth-order valence-electron chi connectivity index (χ4n) is 1.96. The van der Waals surface area contributed by atoms with Crippen molar-refractivity contribution in [1.29, 1.82) is 5.26 Å². The van der Waals surface area contributed by atoms with E-state index in [1.165, 1.54) is 0 Å². The second-order valence-electron chi connectivity index (χ2n) is 4.40. The first-order valence-electron chi connectivity index (χ1n) is 6.39. The maximum atomic E-state index is 10.7. The Bertz CT molecular complexity index is 587. The Labute approximate surface area is 118 Å². The van der Waals surface area contributed by atoms with Gasteiger partial charge in [0.05, 0.1) is 12.5 Å². The molecule has 0 aliphatic carbocycles. The predicted octanol–water partition coefficient (Wildman–Crippen LogP) is 2.81. The largest absolute Gasteiger partial charge is 0.366 e. The quantitative estimate of drug-likeness (QED) is 0.754. The number of hydrogen-bond donors (Lipinski definition) is 0. The van der Waals surface area contributed by atoms with Crippen LogP contribution in [0.2, 0.25) is 0 Å². The van der Waals surface area contributed by atoms with Crippen molar-refractivity contribution in [1.82, 2.24) is 4.98 Å². The van der Waals surface area contributed by atoms with E-state index in [2.05, 4.69) is 16.0 Å². The number of aldehydes is 1. The second-order valence-corrected chi connectivity index (χ2v) is 4.40. The zero-order valence-corrected chi connectivity index (χ0v) is 11.1. The molecule has 0 radical (unpaired) electrons. The van der Waals surface area contributed by atoms with E-state index in [0.717, 1.165) is 17.5 Å². The number of benzene rings is 1. The van der Waals surface area contributed by atoms with Crippen LogP contribution in [0.5, 0.6) is 0 Å². The standard InChI is InChI=1S/C16H15N3O/c17-8-2-10-19(12-15-3-1-9-18-11-15)16-6-4-14(13-20)5-7-16/h1,3-7,9,11,13H,2,10,12H2. The molecule has 0 N–H and O–H groups in total. The molecule has 4 heteroatoms. The Balaban J connectivity index is 2.17. The summed E-state index contributed by atoms with van der Waals surface area (Å²) in [6.45, 7) is 1.34. The minimum absolute atomic E-state index is 0.454. The van der Waals surface area contributed by atoms with E-state index in [1.807, 2.05) is 30.5 Å². The number of nitrogens with zero attached hydrogens (tertiary/aromatic N) is 3. The third kappa shape index (κ3) is 3.66. The molecule has 2 rings (SSSR count). The van der Waals surface area contributed by atoms with Gasteiger partial charge in [-0.2, -0.15) is 5.26 Å². The molecule has 20 heavy (non-hydrogen) atoms. The minimum atomic E-state index is 0.454. The Morgan fingerprint density at radius 3 is 2.65 bits per heavy atom. The highest BCUT2D eigenvalue weighted by Crippen LogP contribution is 2.18. The van der Waals surface area contributed by atoms with Crippen molar-refractivity contribution in [3.05, 3.63) is 59.9 Å². The predicted molar refractivity (Wildman–Crippen MR) is 77.3 cm³/mol. The van der Waals surface area contributed by atoms with E-state index in [-0.39, 0.29) is 0 Å². The number of aromatic nitrogens is 1. The van der Waals surface area contributed by atoms with E-state index in [4.69, 9.17) is 5.26 Å². The molecule has 0 saturated carbocycles. The summed E-state index contributed by atoms with van der Waals surface area (Å²) < 4.78 is 0. The second kappa shape index (κ2) is 7.05. The third-order valence-corrected chi connectivity index (χ3v) is 2.98. The summed E-state index contributed by atoms with van der Waals surface area (Å²) in [4.78, 5) is 16.9. The van der Waals surface area contributed by atoms with Crippen molar-refractivity contribution in [2.24, 2.45) is 0 Å². The van der Waals surface area contributed by atoms with Crippen molar-refractivity contribution >= 4 is 12.0 Å². The first-order chi connectivity index (χ1) is 9.83. The molecule has 0 amide bonds. The molecule has 4 nitrogen and oxygen atoms in total. The number of rotatable bonds is 6. The lowest BCUT2D eigenvalue weighted by atomic mass is 10.2. The fourth-order valence-corrected chi connectivity index (χ4v) is 1.96. The number of hydrogen-bond acceptors (Lipinski definition) is 4. The zero-order chi connectivity index (χ0) is 14.2. The highest BCUT2D eigenvalue weighted by Gasteiger charge is 2.07. The van der Waals surface area contributed by atoms with Gasteiger partial charge in [-0.25, -0.2) is 0 Å². The maximum absolute atomic E-state index is 10.7. The van der Waals surface area contributed by atoms with E-state index < -0.39 is 0 Å². The van der Waals surface area contributed by atoms with Crippen LogP contribution in [0, 0.1) is 11.3 Å². The van der Waals surface area contributed by atoms with Gasteiger partial charge in [-0.15, -0.1) is 0 Å². The molecule has 1 heterocycles. The van der Waals surface area contributed by atoms with Crippen LogP contribution in [0.4, 0.5) is 5.69 Å². The van der Waals surface area contributed by atoms with Crippen molar-refractivity contribution in [2.45, 2.75) is 13.0 Å². The van der Waals surface area contributed by atoms with E-state index in [1.54, 1.807) is 18.3 Å². The van der Waals surface area contributed by atoms with E-state index in [9.17, 15) is 4.79 Å².